The highest BCUT2D eigenvalue weighted by molar-refractivity contribution is 5.94. The van der Waals surface area contributed by atoms with Crippen LogP contribution < -0.4 is 11.1 Å². The van der Waals surface area contributed by atoms with Crippen molar-refractivity contribution in [1.82, 2.24) is 19.9 Å². The molecule has 0 saturated carbocycles. The number of aromatic amines is 1. The lowest BCUT2D eigenvalue weighted by Gasteiger charge is -2.17. The van der Waals surface area contributed by atoms with Gasteiger partial charge in [0.1, 0.15) is 24.6 Å². The number of benzene rings is 2. The van der Waals surface area contributed by atoms with Crippen LogP contribution in [0, 0.1) is 17.1 Å². The van der Waals surface area contributed by atoms with Gasteiger partial charge in [-0.05, 0) is 62.4 Å². The molecule has 0 aliphatic heterocycles. The second-order valence-electron chi connectivity index (χ2n) is 8.47. The number of nitrogens with zero attached hydrogens (tertiary/aromatic N) is 4. The summed E-state index contributed by atoms with van der Waals surface area (Å²) < 4.78 is 15.7. The Bertz CT molecular complexity index is 1570. The summed E-state index contributed by atoms with van der Waals surface area (Å²) in [6.07, 6.45) is 4.94. The lowest BCUT2D eigenvalue weighted by molar-refractivity contribution is -0.0980. The Labute approximate surface area is 220 Å². The van der Waals surface area contributed by atoms with Gasteiger partial charge in [0.25, 0.3) is 0 Å². The molecule has 0 aliphatic rings. The molecule has 0 unspecified atom stereocenters. The van der Waals surface area contributed by atoms with Gasteiger partial charge in [-0.15, -0.1) is 0 Å². The first-order valence-electron chi connectivity index (χ1n) is 11.7. The van der Waals surface area contributed by atoms with Crippen molar-refractivity contribution in [1.29, 1.82) is 5.26 Å². The number of aromatic nitrogens is 4. The van der Waals surface area contributed by atoms with E-state index in [1.165, 1.54) is 13.4 Å². The van der Waals surface area contributed by atoms with Crippen LogP contribution in [0.1, 0.15) is 19.4 Å². The van der Waals surface area contributed by atoms with E-state index in [1.54, 1.807) is 30.6 Å². The summed E-state index contributed by atoms with van der Waals surface area (Å²) in [5.41, 5.74) is 8.24. The average molecular weight is 510 g/mol. The average Bonchev–Trinajstić information content (AvgIpc) is 3.46. The quantitative estimate of drug-likeness (QED) is 0.274. The molecule has 0 bridgehead atoms. The summed E-state index contributed by atoms with van der Waals surface area (Å²) >= 11 is 0. The van der Waals surface area contributed by atoms with Crippen molar-refractivity contribution in [2.45, 2.75) is 19.3 Å². The minimum absolute atomic E-state index is 0.293. The van der Waals surface area contributed by atoms with Gasteiger partial charge < -0.3 is 20.8 Å². The van der Waals surface area contributed by atoms with Gasteiger partial charge in [0.2, 0.25) is 0 Å². The number of anilines is 2. The first-order chi connectivity index (χ1) is 18.5. The van der Waals surface area contributed by atoms with Crippen LogP contribution in [0.4, 0.5) is 15.9 Å². The number of nitrogens with one attached hydrogen (secondary N) is 2. The molecule has 0 atom stereocenters. The Morgan fingerprint density at radius 2 is 1.74 bits per heavy atom. The van der Waals surface area contributed by atoms with Gasteiger partial charge in [-0.2, -0.15) is 5.26 Å². The van der Waals surface area contributed by atoms with Crippen LogP contribution in [-0.4, -0.2) is 33.8 Å². The van der Waals surface area contributed by atoms with E-state index in [1.807, 2.05) is 63.1 Å². The zero-order chi connectivity index (χ0) is 27.7. The van der Waals surface area contributed by atoms with Crippen molar-refractivity contribution in [2.24, 2.45) is 5.73 Å². The van der Waals surface area contributed by atoms with Crippen molar-refractivity contribution < 1.29 is 9.18 Å². The Balaban J connectivity index is 0.000000956. The molecule has 8 nitrogen and oxygen atoms in total. The predicted molar refractivity (Wildman–Crippen MR) is 148 cm³/mol. The number of hydrogen-bond acceptors (Lipinski definition) is 7. The first-order valence-corrected chi connectivity index (χ1v) is 11.7. The van der Waals surface area contributed by atoms with Gasteiger partial charge in [0, 0.05) is 28.9 Å². The van der Waals surface area contributed by atoms with Crippen LogP contribution in [0.3, 0.4) is 0 Å². The zero-order valence-electron chi connectivity index (χ0n) is 21.4. The summed E-state index contributed by atoms with van der Waals surface area (Å²) in [5.74, 6) is 0.0830. The fraction of sp³-hybridized carbons (Fsp3) is 0.138. The Kier molecular flexibility index (Phi) is 8.98. The molecule has 3 aromatic heterocycles. The number of halogens is 1. The van der Waals surface area contributed by atoms with Gasteiger partial charge >= 0.3 is 0 Å². The van der Waals surface area contributed by atoms with Gasteiger partial charge in [0.05, 0.1) is 22.9 Å². The largest absolute Gasteiger partial charge is 0.346 e. The number of nitriles is 1. The molecule has 192 valence electrons. The van der Waals surface area contributed by atoms with E-state index in [4.69, 9.17) is 4.79 Å². The third kappa shape index (κ3) is 5.56. The third-order valence-corrected chi connectivity index (χ3v) is 5.84. The standard InChI is InChI=1S/C27H21FN6.CH5N.CH2O/c1-27(2,15-29)18-7-3-6-17(14-18)19-8-4-10-22(23(19)28)34-26-20(9-5-12-30-26)24-21-11-13-31-25(21)33-16-32-24;2*1-2/h3-14,16H,1-2H3,(H,30,34)(H,31,32,33);2H2,1H3;1H2. The fourth-order valence-electron chi connectivity index (χ4n) is 3.90. The Morgan fingerprint density at radius 1 is 1.00 bits per heavy atom. The highest BCUT2D eigenvalue weighted by atomic mass is 19.1. The van der Waals surface area contributed by atoms with E-state index in [2.05, 4.69) is 37.1 Å². The number of carbonyl (C=O) groups excluding carboxylic acids is 1. The number of hydrogen-bond donors (Lipinski definition) is 3. The lowest BCUT2D eigenvalue weighted by Crippen LogP contribution is -2.13. The molecule has 9 heteroatoms. The molecular formula is C29H28FN7O. The minimum atomic E-state index is -0.674. The topological polar surface area (TPSA) is 133 Å². The normalized spacial score (nSPS) is 10.4. The molecule has 0 amide bonds. The molecule has 0 spiro atoms. The Morgan fingerprint density at radius 3 is 2.50 bits per heavy atom. The van der Waals surface area contributed by atoms with Crippen molar-refractivity contribution in [3.05, 3.63) is 90.8 Å². The molecule has 38 heavy (non-hydrogen) atoms. The summed E-state index contributed by atoms with van der Waals surface area (Å²) in [7, 11) is 1.50. The maximum atomic E-state index is 15.7. The van der Waals surface area contributed by atoms with E-state index >= 15 is 4.39 Å². The maximum absolute atomic E-state index is 15.7. The number of H-pyrrole nitrogens is 1. The molecule has 2 aromatic carbocycles. The first kappa shape index (κ1) is 27.6. The monoisotopic (exact) mass is 509 g/mol. The highest BCUT2D eigenvalue weighted by Gasteiger charge is 2.21. The van der Waals surface area contributed by atoms with Crippen molar-refractivity contribution in [2.75, 3.05) is 12.4 Å². The number of rotatable bonds is 5. The molecule has 5 rings (SSSR count). The molecule has 0 saturated heterocycles. The van der Waals surface area contributed by atoms with Gasteiger partial charge in [-0.1, -0.05) is 30.3 Å². The molecule has 5 aromatic rings. The van der Waals surface area contributed by atoms with E-state index in [9.17, 15) is 5.26 Å². The third-order valence-electron chi connectivity index (χ3n) is 5.84. The van der Waals surface area contributed by atoms with E-state index in [0.29, 0.717) is 34.0 Å². The molecule has 0 aliphatic carbocycles. The zero-order valence-corrected chi connectivity index (χ0v) is 21.4. The van der Waals surface area contributed by atoms with Gasteiger partial charge in [-0.25, -0.2) is 19.3 Å². The highest BCUT2D eigenvalue weighted by Crippen LogP contribution is 2.35. The smallest absolute Gasteiger partial charge is 0.154 e. The summed E-state index contributed by atoms with van der Waals surface area (Å²) in [4.78, 5) is 24.2. The van der Waals surface area contributed by atoms with Crippen molar-refractivity contribution >= 4 is 29.3 Å². The minimum Gasteiger partial charge on any atom is -0.346 e. The van der Waals surface area contributed by atoms with Crippen LogP contribution >= 0.6 is 0 Å². The summed E-state index contributed by atoms with van der Waals surface area (Å²) in [6.45, 7) is 5.69. The predicted octanol–water partition coefficient (Wildman–Crippen LogP) is 5.76. The molecule has 0 fully saturated rings. The second kappa shape index (κ2) is 12.3. The number of carbonyl (C=O) groups is 1. The van der Waals surface area contributed by atoms with Crippen LogP contribution in [0.2, 0.25) is 0 Å². The number of fused-ring (bicyclic) bond motifs is 1. The lowest BCUT2D eigenvalue weighted by atomic mass is 9.85. The van der Waals surface area contributed by atoms with E-state index in [0.717, 1.165) is 16.5 Å². The molecular weight excluding hydrogens is 481 g/mol. The van der Waals surface area contributed by atoms with Crippen LogP contribution in [0.25, 0.3) is 33.4 Å². The van der Waals surface area contributed by atoms with E-state index < -0.39 is 11.2 Å². The van der Waals surface area contributed by atoms with Crippen LogP contribution in [-0.2, 0) is 10.2 Å². The number of nitrogens with two attached hydrogens (primary N) is 1. The van der Waals surface area contributed by atoms with E-state index in [-0.39, 0.29) is 0 Å². The molecule has 4 N–H and O–H groups in total. The molecule has 3 heterocycles. The molecule has 0 radical (unpaired) electrons. The van der Waals surface area contributed by atoms with Crippen LogP contribution in [0.5, 0.6) is 0 Å². The summed E-state index contributed by atoms with van der Waals surface area (Å²) in [5, 5.41) is 13.5. The van der Waals surface area contributed by atoms with Gasteiger partial charge in [-0.3, -0.25) is 0 Å². The van der Waals surface area contributed by atoms with Crippen LogP contribution in [0.15, 0.2) is 79.4 Å². The maximum Gasteiger partial charge on any atom is 0.154 e. The van der Waals surface area contributed by atoms with Gasteiger partial charge in [0.15, 0.2) is 5.82 Å². The van der Waals surface area contributed by atoms with Crippen molar-refractivity contribution in [3.63, 3.8) is 0 Å². The summed E-state index contributed by atoms with van der Waals surface area (Å²) in [6, 6.07) is 20.5. The fourth-order valence-corrected chi connectivity index (χ4v) is 3.90. The van der Waals surface area contributed by atoms with Crippen molar-refractivity contribution in [3.8, 4) is 28.5 Å². The SMILES string of the molecule is C=O.CC(C)(C#N)c1cccc(-c2cccc(Nc3ncccc3-c3ncnc4[nH]ccc34)c2F)c1.CN. The second-order valence-corrected chi connectivity index (χ2v) is 8.47. The Hall–Kier alpha value is -4.94. The number of pyridine rings is 1.